The molecule has 0 fully saturated rings. The molecule has 0 aliphatic carbocycles. The minimum atomic E-state index is -0.557. The summed E-state index contributed by atoms with van der Waals surface area (Å²) >= 11 is 0. The number of rotatable bonds is 4. The van der Waals surface area contributed by atoms with E-state index < -0.39 is 6.10 Å². The molecule has 6 nitrogen and oxygen atoms in total. The normalized spacial score (nSPS) is 12.0. The van der Waals surface area contributed by atoms with Crippen LogP contribution in [0.3, 0.4) is 0 Å². The van der Waals surface area contributed by atoms with Gasteiger partial charge in [-0.3, -0.25) is 4.79 Å². The van der Waals surface area contributed by atoms with E-state index in [1.165, 1.54) is 17.3 Å². The van der Waals surface area contributed by atoms with Crippen LogP contribution in [0.1, 0.15) is 17.4 Å². The van der Waals surface area contributed by atoms with Crippen molar-refractivity contribution in [3.8, 4) is 0 Å². The van der Waals surface area contributed by atoms with Crippen LogP contribution in [0.15, 0.2) is 12.4 Å². The van der Waals surface area contributed by atoms with Gasteiger partial charge >= 0.3 is 0 Å². The topological polar surface area (TPSA) is 78.4 Å². The highest BCUT2D eigenvalue weighted by atomic mass is 16.3. The summed E-state index contributed by atoms with van der Waals surface area (Å²) in [5, 5.41) is 12.0. The van der Waals surface area contributed by atoms with Crippen molar-refractivity contribution < 1.29 is 9.90 Å². The maximum absolute atomic E-state index is 11.8. The smallest absolute Gasteiger partial charge is 0.273 e. The molecule has 0 saturated carbocycles. The number of carbonyl (C=O) groups excluding carboxylic acids is 1. The van der Waals surface area contributed by atoms with Crippen molar-refractivity contribution in [2.45, 2.75) is 13.0 Å². The number of aromatic nitrogens is 2. The van der Waals surface area contributed by atoms with Gasteiger partial charge in [0.25, 0.3) is 5.91 Å². The summed E-state index contributed by atoms with van der Waals surface area (Å²) in [5.41, 5.74) is 0.266. The maximum Gasteiger partial charge on any atom is 0.273 e. The largest absolute Gasteiger partial charge is 0.392 e. The zero-order valence-corrected chi connectivity index (χ0v) is 9.64. The molecular formula is C10H16N4O2. The van der Waals surface area contributed by atoms with Gasteiger partial charge in [0.1, 0.15) is 11.5 Å². The van der Waals surface area contributed by atoms with Crippen molar-refractivity contribution in [3.63, 3.8) is 0 Å². The Morgan fingerprint density at radius 2 is 2.25 bits per heavy atom. The fraction of sp³-hybridized carbons (Fsp3) is 0.500. The first kappa shape index (κ1) is 12.4. The van der Waals surface area contributed by atoms with Crippen molar-refractivity contribution in [3.05, 3.63) is 18.1 Å². The Labute approximate surface area is 94.3 Å². The molecule has 1 aromatic rings. The lowest BCUT2D eigenvalue weighted by molar-refractivity contribution is 0.0697. The summed E-state index contributed by atoms with van der Waals surface area (Å²) in [6.45, 7) is 1.90. The SMILES string of the molecule is CNc1cnc(C(=O)N(C)CC(C)O)cn1. The molecule has 1 atom stereocenters. The number of aliphatic hydroxyl groups excluding tert-OH is 1. The summed E-state index contributed by atoms with van der Waals surface area (Å²) in [4.78, 5) is 21.2. The van der Waals surface area contributed by atoms with Crippen LogP contribution < -0.4 is 5.32 Å². The first-order valence-corrected chi connectivity index (χ1v) is 4.98. The van der Waals surface area contributed by atoms with Gasteiger partial charge in [-0.25, -0.2) is 9.97 Å². The Kier molecular flexibility index (Phi) is 4.19. The monoisotopic (exact) mass is 224 g/mol. The highest BCUT2D eigenvalue weighted by Gasteiger charge is 2.14. The van der Waals surface area contributed by atoms with Crippen LogP contribution in [0.4, 0.5) is 5.82 Å². The van der Waals surface area contributed by atoms with Crippen molar-refractivity contribution >= 4 is 11.7 Å². The van der Waals surface area contributed by atoms with Gasteiger partial charge in [-0.05, 0) is 6.92 Å². The molecule has 16 heavy (non-hydrogen) atoms. The lowest BCUT2D eigenvalue weighted by Gasteiger charge is -2.17. The van der Waals surface area contributed by atoms with Crippen LogP contribution in [-0.2, 0) is 0 Å². The van der Waals surface area contributed by atoms with Gasteiger partial charge < -0.3 is 15.3 Å². The molecule has 0 aromatic carbocycles. The second-order valence-electron chi connectivity index (χ2n) is 3.57. The number of nitrogens with one attached hydrogen (secondary N) is 1. The molecular weight excluding hydrogens is 208 g/mol. The molecule has 0 aliphatic rings. The summed E-state index contributed by atoms with van der Waals surface area (Å²) in [5.74, 6) is 0.353. The third-order valence-corrected chi connectivity index (χ3v) is 2.01. The first-order valence-electron chi connectivity index (χ1n) is 4.98. The van der Waals surface area contributed by atoms with Gasteiger partial charge in [0, 0.05) is 20.6 Å². The lowest BCUT2D eigenvalue weighted by atomic mass is 10.3. The average molecular weight is 224 g/mol. The van der Waals surface area contributed by atoms with E-state index in [4.69, 9.17) is 5.11 Å². The van der Waals surface area contributed by atoms with Crippen LogP contribution in [0.5, 0.6) is 0 Å². The van der Waals surface area contributed by atoms with Crippen LogP contribution in [0.25, 0.3) is 0 Å². The Morgan fingerprint density at radius 3 is 2.69 bits per heavy atom. The molecule has 0 spiro atoms. The maximum atomic E-state index is 11.8. The van der Waals surface area contributed by atoms with Gasteiger partial charge in [0.15, 0.2) is 0 Å². The summed E-state index contributed by atoms with van der Waals surface area (Å²) < 4.78 is 0. The highest BCUT2D eigenvalue weighted by molar-refractivity contribution is 5.91. The van der Waals surface area contributed by atoms with Crippen LogP contribution in [-0.4, -0.2) is 52.6 Å². The third-order valence-electron chi connectivity index (χ3n) is 2.01. The van der Waals surface area contributed by atoms with Gasteiger partial charge in [0.05, 0.1) is 18.5 Å². The Hall–Kier alpha value is -1.69. The standard InChI is InChI=1S/C10H16N4O2/c1-7(15)6-14(3)10(16)8-4-13-9(11-2)5-12-8/h4-5,7,15H,6H2,1-3H3,(H,11,13). The van der Waals surface area contributed by atoms with E-state index >= 15 is 0 Å². The molecule has 1 amide bonds. The zero-order valence-electron chi connectivity index (χ0n) is 9.64. The van der Waals surface area contributed by atoms with E-state index in [-0.39, 0.29) is 18.1 Å². The second-order valence-corrected chi connectivity index (χ2v) is 3.57. The minimum Gasteiger partial charge on any atom is -0.392 e. The van der Waals surface area contributed by atoms with E-state index in [0.717, 1.165) is 0 Å². The number of carbonyl (C=O) groups is 1. The van der Waals surface area contributed by atoms with E-state index in [0.29, 0.717) is 5.82 Å². The van der Waals surface area contributed by atoms with Gasteiger partial charge in [-0.15, -0.1) is 0 Å². The predicted molar refractivity (Wildman–Crippen MR) is 60.2 cm³/mol. The Morgan fingerprint density at radius 1 is 1.56 bits per heavy atom. The van der Waals surface area contributed by atoms with Crippen molar-refractivity contribution in [1.82, 2.24) is 14.9 Å². The zero-order chi connectivity index (χ0) is 12.1. The molecule has 1 heterocycles. The van der Waals surface area contributed by atoms with Crippen LogP contribution >= 0.6 is 0 Å². The molecule has 1 aromatic heterocycles. The predicted octanol–water partition coefficient (Wildman–Crippen LogP) is -0.0289. The third kappa shape index (κ3) is 3.16. The Balaban J connectivity index is 2.72. The lowest BCUT2D eigenvalue weighted by Crippen LogP contribution is -2.33. The molecule has 1 unspecified atom stereocenters. The van der Waals surface area contributed by atoms with Crippen molar-refractivity contribution in [2.75, 3.05) is 26.0 Å². The Bertz CT molecular complexity index is 350. The number of amides is 1. The van der Waals surface area contributed by atoms with Crippen molar-refractivity contribution in [2.24, 2.45) is 0 Å². The van der Waals surface area contributed by atoms with Gasteiger partial charge in [-0.2, -0.15) is 0 Å². The molecule has 0 bridgehead atoms. The van der Waals surface area contributed by atoms with E-state index in [9.17, 15) is 4.79 Å². The molecule has 6 heteroatoms. The highest BCUT2D eigenvalue weighted by Crippen LogP contribution is 2.03. The van der Waals surface area contributed by atoms with Crippen molar-refractivity contribution in [1.29, 1.82) is 0 Å². The van der Waals surface area contributed by atoms with E-state index in [1.54, 1.807) is 21.0 Å². The second kappa shape index (κ2) is 5.41. The summed E-state index contributed by atoms with van der Waals surface area (Å²) in [6.07, 6.45) is 2.34. The average Bonchev–Trinajstić information content (AvgIpc) is 2.27. The van der Waals surface area contributed by atoms with Gasteiger partial charge in [-0.1, -0.05) is 0 Å². The molecule has 0 aliphatic heterocycles. The van der Waals surface area contributed by atoms with E-state index in [1.807, 2.05) is 0 Å². The quantitative estimate of drug-likeness (QED) is 0.751. The molecule has 1 rings (SSSR count). The molecule has 2 N–H and O–H groups in total. The number of hydrogen-bond acceptors (Lipinski definition) is 5. The fourth-order valence-corrected chi connectivity index (χ4v) is 1.24. The van der Waals surface area contributed by atoms with Gasteiger partial charge in [0.2, 0.25) is 0 Å². The van der Waals surface area contributed by atoms with Crippen LogP contribution in [0.2, 0.25) is 0 Å². The first-order chi connectivity index (χ1) is 7.54. The number of likely N-dealkylation sites (N-methyl/N-ethyl adjacent to an activating group) is 1. The fourth-order valence-electron chi connectivity index (χ4n) is 1.24. The summed E-state index contributed by atoms with van der Waals surface area (Å²) in [6, 6.07) is 0. The molecule has 0 radical (unpaired) electrons. The van der Waals surface area contributed by atoms with Crippen LogP contribution in [0, 0.1) is 0 Å². The molecule has 0 saturated heterocycles. The number of nitrogens with zero attached hydrogens (tertiary/aromatic N) is 3. The van der Waals surface area contributed by atoms with E-state index in [2.05, 4.69) is 15.3 Å². The minimum absolute atomic E-state index is 0.254. The summed E-state index contributed by atoms with van der Waals surface area (Å²) in [7, 11) is 3.34. The molecule has 88 valence electrons. The number of aliphatic hydroxyl groups is 1. The number of anilines is 1. The number of hydrogen-bond donors (Lipinski definition) is 2.